The summed E-state index contributed by atoms with van der Waals surface area (Å²) in [6.07, 6.45) is 0.0200. The average molecular weight is 381 g/mol. The van der Waals surface area contributed by atoms with Crippen LogP contribution in [-0.4, -0.2) is 26.8 Å². The molecule has 2 aromatic heterocycles. The summed E-state index contributed by atoms with van der Waals surface area (Å²) < 4.78 is 0. The van der Waals surface area contributed by atoms with Crippen LogP contribution in [0.1, 0.15) is 12.0 Å². The minimum Gasteiger partial charge on any atom is -0.481 e. The van der Waals surface area contributed by atoms with Crippen LogP contribution in [0.4, 0.5) is 0 Å². The Morgan fingerprint density at radius 3 is 2.96 bits per heavy atom. The lowest BCUT2D eigenvalue weighted by Gasteiger charge is -2.04. The fourth-order valence-electron chi connectivity index (χ4n) is 2.26. The molecule has 0 amide bonds. The number of fused-ring (bicyclic) bond motifs is 1. The van der Waals surface area contributed by atoms with E-state index >= 15 is 0 Å². The van der Waals surface area contributed by atoms with Crippen LogP contribution in [0, 0.1) is 6.92 Å². The zero-order chi connectivity index (χ0) is 17.3. The standard InChI is InChI=1S/C16H13ClN2O3S2/c1-8-6-9(2-3-11(8)17)10-7-24-15-13(10)14(22)18-16(19-15)23-5-4-12(20)21/h2-3,6-7H,4-5H2,1H3,(H,20,21)(H,18,19,22). The first-order valence-corrected chi connectivity index (χ1v) is 9.32. The van der Waals surface area contributed by atoms with Gasteiger partial charge in [0.25, 0.3) is 5.56 Å². The molecule has 0 aliphatic heterocycles. The van der Waals surface area contributed by atoms with E-state index < -0.39 is 5.97 Å². The van der Waals surface area contributed by atoms with Crippen LogP contribution in [0.3, 0.4) is 0 Å². The Morgan fingerprint density at radius 2 is 2.25 bits per heavy atom. The monoisotopic (exact) mass is 380 g/mol. The molecule has 1 aromatic carbocycles. The van der Waals surface area contributed by atoms with Crippen molar-refractivity contribution in [3.05, 3.63) is 44.5 Å². The second-order valence-electron chi connectivity index (χ2n) is 5.16. The summed E-state index contributed by atoms with van der Waals surface area (Å²) in [4.78, 5) is 30.8. The summed E-state index contributed by atoms with van der Waals surface area (Å²) in [5.74, 6) is -0.513. The van der Waals surface area contributed by atoms with Gasteiger partial charge < -0.3 is 10.1 Å². The number of nitrogens with one attached hydrogen (secondary N) is 1. The van der Waals surface area contributed by atoms with E-state index in [1.165, 1.54) is 23.1 Å². The maximum atomic E-state index is 12.5. The van der Waals surface area contributed by atoms with Crippen molar-refractivity contribution in [2.24, 2.45) is 0 Å². The molecule has 0 bridgehead atoms. The highest BCUT2D eigenvalue weighted by Crippen LogP contribution is 2.33. The lowest BCUT2D eigenvalue weighted by atomic mass is 10.0. The van der Waals surface area contributed by atoms with Crippen LogP contribution in [0.5, 0.6) is 0 Å². The number of aromatic nitrogens is 2. The van der Waals surface area contributed by atoms with Crippen LogP contribution in [0.25, 0.3) is 21.3 Å². The molecule has 2 N–H and O–H groups in total. The van der Waals surface area contributed by atoms with Crippen LogP contribution < -0.4 is 5.56 Å². The third-order valence-corrected chi connectivity index (χ3v) is 5.62. The summed E-state index contributed by atoms with van der Waals surface area (Å²) >= 11 is 8.68. The molecule has 3 rings (SSSR count). The molecule has 0 unspecified atom stereocenters. The number of thiophene rings is 1. The predicted molar refractivity (Wildman–Crippen MR) is 98.4 cm³/mol. The largest absolute Gasteiger partial charge is 0.481 e. The number of hydrogen-bond acceptors (Lipinski definition) is 5. The molecule has 3 aromatic rings. The van der Waals surface area contributed by atoms with Crippen LogP contribution >= 0.6 is 34.7 Å². The lowest BCUT2D eigenvalue weighted by Crippen LogP contribution is -2.09. The van der Waals surface area contributed by atoms with Gasteiger partial charge in [0.2, 0.25) is 0 Å². The number of carboxylic acid groups (broad SMARTS) is 1. The number of carbonyl (C=O) groups is 1. The van der Waals surface area contributed by atoms with Gasteiger partial charge in [0, 0.05) is 21.7 Å². The fourth-order valence-corrected chi connectivity index (χ4v) is 4.17. The van der Waals surface area contributed by atoms with E-state index in [9.17, 15) is 9.59 Å². The van der Waals surface area contributed by atoms with Gasteiger partial charge >= 0.3 is 5.97 Å². The summed E-state index contributed by atoms with van der Waals surface area (Å²) in [5.41, 5.74) is 2.47. The molecule has 0 radical (unpaired) electrons. The quantitative estimate of drug-likeness (QED) is 0.512. The molecule has 5 nitrogen and oxygen atoms in total. The number of halogens is 1. The Bertz CT molecular complexity index is 981. The smallest absolute Gasteiger partial charge is 0.304 e. The van der Waals surface area contributed by atoms with Crippen LogP contribution in [0.15, 0.2) is 33.5 Å². The zero-order valence-corrected chi connectivity index (χ0v) is 15.0. The number of nitrogens with zero attached hydrogens (tertiary/aromatic N) is 1. The van der Waals surface area contributed by atoms with Crippen LogP contribution in [0.2, 0.25) is 5.02 Å². The van der Waals surface area contributed by atoms with Gasteiger partial charge in [-0.2, -0.15) is 0 Å². The molecule has 0 saturated carbocycles. The van der Waals surface area contributed by atoms with Crippen LogP contribution in [-0.2, 0) is 4.79 Å². The highest BCUT2D eigenvalue weighted by molar-refractivity contribution is 7.99. The molecule has 0 saturated heterocycles. The lowest BCUT2D eigenvalue weighted by molar-refractivity contribution is -0.136. The summed E-state index contributed by atoms with van der Waals surface area (Å²) in [5, 5.41) is 12.2. The summed E-state index contributed by atoms with van der Waals surface area (Å²) in [7, 11) is 0. The number of aliphatic carboxylic acids is 1. The van der Waals surface area contributed by atoms with Gasteiger partial charge in [-0.05, 0) is 30.2 Å². The topological polar surface area (TPSA) is 83.0 Å². The van der Waals surface area contributed by atoms with Gasteiger partial charge in [0.05, 0.1) is 11.8 Å². The fraction of sp³-hybridized carbons (Fsp3) is 0.188. The number of hydrogen-bond donors (Lipinski definition) is 2. The van der Waals surface area contributed by atoms with E-state index in [0.29, 0.717) is 26.1 Å². The first-order chi connectivity index (χ1) is 11.5. The first kappa shape index (κ1) is 17.0. The van der Waals surface area contributed by atoms with Crippen molar-refractivity contribution in [1.82, 2.24) is 9.97 Å². The van der Waals surface area contributed by atoms with E-state index in [0.717, 1.165) is 16.7 Å². The summed E-state index contributed by atoms with van der Waals surface area (Å²) in [6, 6.07) is 5.64. The molecule has 124 valence electrons. The predicted octanol–water partition coefficient (Wildman–Crippen LogP) is 4.18. The van der Waals surface area contributed by atoms with Gasteiger partial charge in [-0.25, -0.2) is 4.98 Å². The van der Waals surface area contributed by atoms with Crippen molar-refractivity contribution >= 4 is 50.9 Å². The number of H-pyrrole nitrogens is 1. The molecule has 0 atom stereocenters. The number of aryl methyl sites for hydroxylation is 1. The molecule has 24 heavy (non-hydrogen) atoms. The minimum atomic E-state index is -0.873. The second kappa shape index (κ2) is 6.96. The van der Waals surface area contributed by atoms with E-state index in [4.69, 9.17) is 16.7 Å². The molecule has 2 heterocycles. The van der Waals surface area contributed by atoms with Gasteiger partial charge in [0.1, 0.15) is 4.83 Å². The van der Waals surface area contributed by atoms with Crippen molar-refractivity contribution in [3.8, 4) is 11.1 Å². The molecule has 0 spiro atoms. The molecular formula is C16H13ClN2O3S2. The molecule has 0 aliphatic rings. The Morgan fingerprint density at radius 1 is 1.46 bits per heavy atom. The van der Waals surface area contributed by atoms with Crippen molar-refractivity contribution in [1.29, 1.82) is 0 Å². The Hall–Kier alpha value is -1.83. The highest BCUT2D eigenvalue weighted by Gasteiger charge is 2.14. The molecule has 8 heteroatoms. The van der Waals surface area contributed by atoms with E-state index in [1.807, 2.05) is 30.5 Å². The third-order valence-electron chi connectivity index (χ3n) is 3.45. The summed E-state index contributed by atoms with van der Waals surface area (Å²) in [6.45, 7) is 1.92. The number of carboxylic acids is 1. The van der Waals surface area contributed by atoms with E-state index in [-0.39, 0.29) is 12.0 Å². The normalized spacial score (nSPS) is 11.1. The van der Waals surface area contributed by atoms with Gasteiger partial charge in [-0.1, -0.05) is 29.4 Å². The van der Waals surface area contributed by atoms with E-state index in [1.54, 1.807) is 0 Å². The molecular weight excluding hydrogens is 368 g/mol. The van der Waals surface area contributed by atoms with Crippen molar-refractivity contribution in [3.63, 3.8) is 0 Å². The Balaban J connectivity index is 1.99. The second-order valence-corrected chi connectivity index (χ2v) is 7.51. The minimum absolute atomic E-state index is 0.0200. The van der Waals surface area contributed by atoms with Gasteiger partial charge in [-0.15, -0.1) is 11.3 Å². The number of thioether (sulfide) groups is 1. The highest BCUT2D eigenvalue weighted by atomic mass is 35.5. The maximum Gasteiger partial charge on any atom is 0.304 e. The number of rotatable bonds is 5. The average Bonchev–Trinajstić information content (AvgIpc) is 2.94. The van der Waals surface area contributed by atoms with Crippen molar-refractivity contribution < 1.29 is 9.90 Å². The van der Waals surface area contributed by atoms with Gasteiger partial charge in [0.15, 0.2) is 5.16 Å². The van der Waals surface area contributed by atoms with Gasteiger partial charge in [-0.3, -0.25) is 9.59 Å². The van der Waals surface area contributed by atoms with Crippen molar-refractivity contribution in [2.75, 3.05) is 5.75 Å². The SMILES string of the molecule is Cc1cc(-c2csc3nc(SCCC(=O)O)[nH]c(=O)c23)ccc1Cl. The Kier molecular flexibility index (Phi) is 4.93. The number of aromatic amines is 1. The zero-order valence-electron chi connectivity index (χ0n) is 12.6. The Labute approximate surface area is 150 Å². The third kappa shape index (κ3) is 3.48. The maximum absolute atomic E-state index is 12.5. The molecule has 0 fully saturated rings. The van der Waals surface area contributed by atoms with Crippen molar-refractivity contribution in [2.45, 2.75) is 18.5 Å². The number of benzene rings is 1. The van der Waals surface area contributed by atoms with E-state index in [2.05, 4.69) is 9.97 Å². The molecule has 0 aliphatic carbocycles. The first-order valence-electron chi connectivity index (χ1n) is 7.08.